The van der Waals surface area contributed by atoms with Gasteiger partial charge in [0.2, 0.25) is 0 Å². The predicted molar refractivity (Wildman–Crippen MR) is 50.1 cm³/mol. The highest BCUT2D eigenvalue weighted by atomic mass is 16.6. The van der Waals surface area contributed by atoms with E-state index in [1.165, 1.54) is 6.92 Å². The monoisotopic (exact) mass is 186 g/mol. The zero-order chi connectivity index (χ0) is 10.5. The fraction of sp³-hybridized carbons (Fsp3) is 0.800. The third-order valence-corrected chi connectivity index (χ3v) is 1.94. The molecule has 0 aliphatic heterocycles. The van der Waals surface area contributed by atoms with Crippen molar-refractivity contribution >= 4 is 11.9 Å². The standard InChI is InChI=1S/C10H18O3/c1-5-6-7-10(3,4)9(12)13-8(2)11/h5-7H2,1-4H3. The molecule has 0 aromatic rings. The second-order valence-corrected chi connectivity index (χ2v) is 3.87. The molecule has 0 aromatic heterocycles. The molecule has 13 heavy (non-hydrogen) atoms. The highest BCUT2D eigenvalue weighted by Gasteiger charge is 2.29. The van der Waals surface area contributed by atoms with E-state index in [1.54, 1.807) is 13.8 Å². The van der Waals surface area contributed by atoms with Crippen LogP contribution in [0.1, 0.15) is 47.0 Å². The molecule has 3 heteroatoms. The minimum absolute atomic E-state index is 0.423. The molecule has 0 N–H and O–H groups in total. The Morgan fingerprint density at radius 1 is 1.31 bits per heavy atom. The van der Waals surface area contributed by atoms with Crippen LogP contribution >= 0.6 is 0 Å². The molecule has 0 unspecified atom stereocenters. The first-order chi connectivity index (χ1) is 5.90. The van der Waals surface area contributed by atoms with Crippen LogP contribution in [0.4, 0.5) is 0 Å². The Hall–Kier alpha value is -0.860. The van der Waals surface area contributed by atoms with Crippen molar-refractivity contribution in [1.29, 1.82) is 0 Å². The average Bonchev–Trinajstić information content (AvgIpc) is 1.99. The molecule has 0 saturated carbocycles. The van der Waals surface area contributed by atoms with Gasteiger partial charge in [-0.15, -0.1) is 0 Å². The van der Waals surface area contributed by atoms with Crippen LogP contribution < -0.4 is 0 Å². The van der Waals surface area contributed by atoms with Gasteiger partial charge in [-0.2, -0.15) is 0 Å². The van der Waals surface area contributed by atoms with Gasteiger partial charge in [-0.1, -0.05) is 19.8 Å². The zero-order valence-corrected chi connectivity index (χ0v) is 8.85. The van der Waals surface area contributed by atoms with Crippen LogP contribution in [-0.4, -0.2) is 11.9 Å². The molecule has 0 aliphatic rings. The Labute approximate surface area is 79.5 Å². The van der Waals surface area contributed by atoms with Crippen molar-refractivity contribution in [3.05, 3.63) is 0 Å². The van der Waals surface area contributed by atoms with Gasteiger partial charge in [0.25, 0.3) is 0 Å². The van der Waals surface area contributed by atoms with E-state index in [0.29, 0.717) is 0 Å². The van der Waals surface area contributed by atoms with E-state index in [-0.39, 0.29) is 0 Å². The first kappa shape index (κ1) is 12.1. The summed E-state index contributed by atoms with van der Waals surface area (Å²) in [7, 11) is 0. The molecule has 0 atom stereocenters. The summed E-state index contributed by atoms with van der Waals surface area (Å²) in [6.45, 7) is 6.90. The summed E-state index contributed by atoms with van der Waals surface area (Å²) >= 11 is 0. The highest BCUT2D eigenvalue weighted by molar-refractivity contribution is 5.87. The fourth-order valence-electron chi connectivity index (χ4n) is 0.989. The Bertz CT molecular complexity index is 194. The third kappa shape index (κ3) is 4.65. The highest BCUT2D eigenvalue weighted by Crippen LogP contribution is 2.24. The van der Waals surface area contributed by atoms with Gasteiger partial charge in [0.1, 0.15) is 0 Å². The summed E-state index contributed by atoms with van der Waals surface area (Å²) < 4.78 is 4.53. The van der Waals surface area contributed by atoms with Crippen LogP contribution in [0.25, 0.3) is 0 Å². The lowest BCUT2D eigenvalue weighted by atomic mass is 9.87. The molecular weight excluding hydrogens is 168 g/mol. The second-order valence-electron chi connectivity index (χ2n) is 3.87. The van der Waals surface area contributed by atoms with Crippen molar-refractivity contribution in [3.8, 4) is 0 Å². The molecule has 0 amide bonds. The van der Waals surface area contributed by atoms with Gasteiger partial charge in [-0.05, 0) is 20.3 Å². The molecule has 0 heterocycles. The Morgan fingerprint density at radius 3 is 2.23 bits per heavy atom. The van der Waals surface area contributed by atoms with Gasteiger partial charge in [0.15, 0.2) is 0 Å². The van der Waals surface area contributed by atoms with Crippen LogP contribution in [0.15, 0.2) is 0 Å². The van der Waals surface area contributed by atoms with Crippen molar-refractivity contribution < 1.29 is 14.3 Å². The summed E-state index contributed by atoms with van der Waals surface area (Å²) in [5.41, 5.74) is -0.540. The maximum absolute atomic E-state index is 11.3. The fourth-order valence-corrected chi connectivity index (χ4v) is 0.989. The molecule has 0 aromatic carbocycles. The Balaban J connectivity index is 4.10. The molecule has 0 saturated heterocycles. The van der Waals surface area contributed by atoms with Gasteiger partial charge in [-0.3, -0.25) is 9.59 Å². The first-order valence-corrected chi connectivity index (χ1v) is 4.63. The minimum Gasteiger partial charge on any atom is -0.393 e. The van der Waals surface area contributed by atoms with Crippen LogP contribution in [0.2, 0.25) is 0 Å². The number of carbonyl (C=O) groups is 2. The summed E-state index contributed by atoms with van der Waals surface area (Å²) in [5, 5.41) is 0. The second kappa shape index (κ2) is 5.00. The summed E-state index contributed by atoms with van der Waals surface area (Å²) in [5.74, 6) is -0.956. The number of unbranched alkanes of at least 4 members (excludes halogenated alkanes) is 1. The number of hydrogen-bond acceptors (Lipinski definition) is 3. The van der Waals surface area contributed by atoms with Gasteiger partial charge < -0.3 is 4.74 Å². The molecule has 3 nitrogen and oxygen atoms in total. The number of esters is 2. The SMILES string of the molecule is CCCCC(C)(C)C(=O)OC(C)=O. The maximum atomic E-state index is 11.3. The summed E-state index contributed by atoms with van der Waals surface area (Å²) in [6, 6.07) is 0. The van der Waals surface area contributed by atoms with Gasteiger partial charge in [-0.25, -0.2) is 0 Å². The van der Waals surface area contributed by atoms with Crippen LogP contribution in [0.5, 0.6) is 0 Å². The topological polar surface area (TPSA) is 43.4 Å². The normalized spacial score (nSPS) is 11.1. The lowest BCUT2D eigenvalue weighted by molar-refractivity contribution is -0.165. The smallest absolute Gasteiger partial charge is 0.319 e. The van der Waals surface area contributed by atoms with E-state index >= 15 is 0 Å². The molecule has 0 aliphatic carbocycles. The number of carbonyl (C=O) groups excluding carboxylic acids is 2. The number of rotatable bonds is 4. The van der Waals surface area contributed by atoms with E-state index < -0.39 is 17.4 Å². The molecule has 0 radical (unpaired) electrons. The first-order valence-electron chi connectivity index (χ1n) is 4.63. The van der Waals surface area contributed by atoms with E-state index in [2.05, 4.69) is 11.7 Å². The van der Waals surface area contributed by atoms with Gasteiger partial charge in [0.05, 0.1) is 5.41 Å². The van der Waals surface area contributed by atoms with Crippen molar-refractivity contribution in [3.63, 3.8) is 0 Å². The predicted octanol–water partition coefficient (Wildman–Crippen LogP) is 2.29. The van der Waals surface area contributed by atoms with Crippen molar-refractivity contribution in [1.82, 2.24) is 0 Å². The summed E-state index contributed by atoms with van der Waals surface area (Å²) in [4.78, 5) is 21.9. The van der Waals surface area contributed by atoms with E-state index in [9.17, 15) is 9.59 Å². The lowest BCUT2D eigenvalue weighted by Gasteiger charge is -2.20. The van der Waals surface area contributed by atoms with Gasteiger partial charge >= 0.3 is 11.9 Å². The van der Waals surface area contributed by atoms with Crippen LogP contribution in [-0.2, 0) is 14.3 Å². The molecule has 76 valence electrons. The van der Waals surface area contributed by atoms with Crippen molar-refractivity contribution in [2.45, 2.75) is 47.0 Å². The quantitative estimate of drug-likeness (QED) is 0.499. The number of ether oxygens (including phenoxy) is 1. The van der Waals surface area contributed by atoms with E-state index in [0.717, 1.165) is 19.3 Å². The zero-order valence-electron chi connectivity index (χ0n) is 8.85. The maximum Gasteiger partial charge on any atom is 0.319 e. The van der Waals surface area contributed by atoms with Crippen LogP contribution in [0, 0.1) is 5.41 Å². The largest absolute Gasteiger partial charge is 0.393 e. The average molecular weight is 186 g/mol. The Morgan fingerprint density at radius 2 is 1.85 bits per heavy atom. The van der Waals surface area contributed by atoms with Crippen molar-refractivity contribution in [2.75, 3.05) is 0 Å². The number of hydrogen-bond donors (Lipinski definition) is 0. The molecular formula is C10H18O3. The molecule has 0 spiro atoms. The van der Waals surface area contributed by atoms with E-state index in [4.69, 9.17) is 0 Å². The third-order valence-electron chi connectivity index (χ3n) is 1.94. The summed E-state index contributed by atoms with van der Waals surface area (Å²) in [6.07, 6.45) is 2.77. The molecule has 0 fully saturated rings. The molecule has 0 rings (SSSR count). The lowest BCUT2D eigenvalue weighted by Crippen LogP contribution is -2.28. The minimum atomic E-state index is -0.540. The Kier molecular flexibility index (Phi) is 4.67. The molecule has 0 bridgehead atoms. The van der Waals surface area contributed by atoms with Crippen LogP contribution in [0.3, 0.4) is 0 Å². The van der Waals surface area contributed by atoms with Gasteiger partial charge in [0, 0.05) is 6.92 Å². The van der Waals surface area contributed by atoms with Crippen molar-refractivity contribution in [2.24, 2.45) is 5.41 Å². The van der Waals surface area contributed by atoms with E-state index in [1.807, 2.05) is 0 Å².